The summed E-state index contributed by atoms with van der Waals surface area (Å²) in [7, 11) is -9.68. The molecule has 6 aliphatic carbocycles. The molecule has 0 saturated carbocycles. The normalized spacial score (nSPS) is 17.1. The summed E-state index contributed by atoms with van der Waals surface area (Å²) >= 11 is 5.20. The third kappa shape index (κ3) is 10.1. The van der Waals surface area contributed by atoms with Crippen LogP contribution in [0.1, 0.15) is 257 Å². The van der Waals surface area contributed by atoms with Gasteiger partial charge in [-0.1, -0.05) is 190 Å². The summed E-state index contributed by atoms with van der Waals surface area (Å²) in [4.78, 5) is 0. The molecule has 6 aromatic carbocycles. The lowest BCUT2D eigenvalue weighted by atomic mass is 9.50. The van der Waals surface area contributed by atoms with E-state index in [2.05, 4.69) is 261 Å². The molecule has 4 atom stereocenters. The second kappa shape index (κ2) is 25.1. The number of benzene rings is 6. The van der Waals surface area contributed by atoms with Gasteiger partial charge in [0.1, 0.15) is 76.4 Å². The lowest BCUT2D eigenvalue weighted by molar-refractivity contribution is 0.529. The van der Waals surface area contributed by atoms with Crippen LogP contribution in [0.4, 0.5) is 0 Å². The van der Waals surface area contributed by atoms with Crippen LogP contribution in [0.15, 0.2) is 48.5 Å². The molecule has 0 spiro atoms. The zero-order valence-electron chi connectivity index (χ0n) is 61.1. The Hall–Kier alpha value is -5.77. The van der Waals surface area contributed by atoms with Crippen molar-refractivity contribution in [2.75, 3.05) is 0 Å². The third-order valence-electron chi connectivity index (χ3n) is 24.8. The summed E-state index contributed by atoms with van der Waals surface area (Å²) in [6, 6.07) is 19.2. The molecule has 4 bridgehead atoms. The molecule has 6 aliphatic rings. The lowest BCUT2D eigenvalue weighted by Crippen LogP contribution is -2.43. The van der Waals surface area contributed by atoms with E-state index in [1.807, 2.05) is 0 Å². The molecule has 496 valence electrons. The predicted octanol–water partition coefficient (Wildman–Crippen LogP) is 23.2. The quantitative estimate of drug-likeness (QED) is 0.0880. The summed E-state index contributed by atoms with van der Waals surface area (Å²) < 4.78 is 41.0. The van der Waals surface area contributed by atoms with E-state index in [1.165, 1.54) is 91.4 Å². The van der Waals surface area contributed by atoms with Gasteiger partial charge in [-0.3, -0.25) is 0 Å². The van der Waals surface area contributed by atoms with Crippen molar-refractivity contribution in [3.05, 3.63) is 115 Å². The zero-order valence-corrected chi connectivity index (χ0v) is 68.3. The minimum Gasteiger partial charge on any atom is -0.173 e. The van der Waals surface area contributed by atoms with Crippen molar-refractivity contribution in [1.82, 2.24) is 35.0 Å². The van der Waals surface area contributed by atoms with Gasteiger partial charge in [0.15, 0.2) is 0 Å². The Kier molecular flexibility index (Phi) is 18.0. The summed E-state index contributed by atoms with van der Waals surface area (Å²) in [5.41, 5.74) is 44.4. The van der Waals surface area contributed by atoms with Crippen LogP contribution in [-0.4, -0.2) is 67.3 Å². The molecule has 0 amide bonds. The van der Waals surface area contributed by atoms with Gasteiger partial charge in [0.05, 0.1) is 46.9 Å². The molecular formula is C80H96N8S4Si4. The van der Waals surface area contributed by atoms with Crippen molar-refractivity contribution in [3.63, 3.8) is 0 Å². The fourth-order valence-corrected chi connectivity index (χ4v) is 43.5. The van der Waals surface area contributed by atoms with Crippen LogP contribution < -0.4 is 0 Å². The maximum absolute atomic E-state index is 5.16. The van der Waals surface area contributed by atoms with Crippen LogP contribution in [-0.2, 0) is 0 Å². The second-order valence-corrected chi connectivity index (χ2v) is 56.9. The number of fused-ring (bicyclic) bond motifs is 6. The first-order valence-electron chi connectivity index (χ1n) is 35.7. The Morgan fingerprint density at radius 3 is 0.531 bits per heavy atom. The average molecular weight is 1410 g/mol. The molecule has 16 rings (SSSR count). The van der Waals surface area contributed by atoms with Crippen molar-refractivity contribution in [2.24, 2.45) is 0 Å². The first-order chi connectivity index (χ1) is 45.5. The molecule has 10 aromatic rings. The minimum absolute atomic E-state index is 0.338. The molecule has 0 fully saturated rings. The second-order valence-electron chi connectivity index (χ2n) is 32.4. The van der Waals surface area contributed by atoms with E-state index in [1.54, 1.807) is 0 Å². The summed E-state index contributed by atoms with van der Waals surface area (Å²) in [6.07, 6.45) is 0. The standard InChI is InChI=1S/C80H96N8S4Si4/c1-41(2)93(42(3)4,43(5)6)29-25-53-57-33-65-66(82-89-81-65)34-58(57)54(26-30-94(44(7)8,45(9)10)46(11)12)74-73(53)77-61-37-69-70(86-91-85-69)38-62(61)78(74)80-64-40-72-71(87-92-88-72)39-63(64)79(77)75-55(27-31-95(47(13)14,48(15)16)49(17)18)59-35-67-68(84-90-83-67)36-60(59)56(76(75)80)28-32-96(50(19)20,51(21)22)52(23)24/h33-52,77-80H,1-24H3/t77-,78+,79-,80+. The van der Waals surface area contributed by atoms with Gasteiger partial charge < -0.3 is 0 Å². The summed E-state index contributed by atoms with van der Waals surface area (Å²) in [5.74, 6) is 16.2. The monoisotopic (exact) mass is 1410 g/mol. The van der Waals surface area contributed by atoms with Crippen molar-refractivity contribution >= 4 is 145 Å². The Morgan fingerprint density at radius 1 is 0.240 bits per heavy atom. The van der Waals surface area contributed by atoms with E-state index in [0.29, 0.717) is 66.5 Å². The van der Waals surface area contributed by atoms with Crippen LogP contribution in [0, 0.1) is 45.9 Å². The average Bonchev–Trinajstić information content (AvgIpc) is 1.36. The Balaban J connectivity index is 1.36. The highest BCUT2D eigenvalue weighted by molar-refractivity contribution is 7.01. The zero-order chi connectivity index (χ0) is 68.9. The molecule has 4 heterocycles. The van der Waals surface area contributed by atoms with Gasteiger partial charge in [-0.05, 0) is 160 Å². The molecular weight excluding hydrogens is 1310 g/mol. The van der Waals surface area contributed by atoms with Gasteiger partial charge >= 0.3 is 0 Å². The highest BCUT2D eigenvalue weighted by Gasteiger charge is 2.55. The maximum Gasteiger partial charge on any atom is 0.146 e. The molecule has 16 heteroatoms. The van der Waals surface area contributed by atoms with Gasteiger partial charge in [-0.2, -0.15) is 35.0 Å². The highest BCUT2D eigenvalue weighted by Crippen LogP contribution is 2.68. The largest absolute Gasteiger partial charge is 0.173 e. The number of rotatable bonds is 12. The smallest absolute Gasteiger partial charge is 0.146 e. The number of nitrogens with zero attached hydrogens (tertiary/aromatic N) is 8. The Bertz CT molecular complexity index is 4360. The predicted molar refractivity (Wildman–Crippen MR) is 424 cm³/mol. The number of hydrogen-bond acceptors (Lipinski definition) is 12. The highest BCUT2D eigenvalue weighted by atomic mass is 32.1. The van der Waals surface area contributed by atoms with Crippen LogP contribution >= 0.6 is 46.9 Å². The number of hydrogen-bond donors (Lipinski definition) is 0. The van der Waals surface area contributed by atoms with Gasteiger partial charge in [-0.15, -0.1) is 22.2 Å². The van der Waals surface area contributed by atoms with Crippen LogP contribution in [0.2, 0.25) is 66.5 Å². The molecule has 0 unspecified atom stereocenters. The molecule has 4 aromatic heterocycles. The van der Waals surface area contributed by atoms with E-state index in [0.717, 1.165) is 87.9 Å². The molecule has 8 nitrogen and oxygen atoms in total. The van der Waals surface area contributed by atoms with Crippen LogP contribution in [0.5, 0.6) is 0 Å². The van der Waals surface area contributed by atoms with E-state index >= 15 is 0 Å². The Labute approximate surface area is 592 Å². The summed E-state index contributed by atoms with van der Waals surface area (Å²) in [6.45, 7) is 58.7. The van der Waals surface area contributed by atoms with E-state index in [4.69, 9.17) is 35.0 Å². The van der Waals surface area contributed by atoms with E-state index in [9.17, 15) is 0 Å². The lowest BCUT2D eigenvalue weighted by Gasteiger charge is -2.51. The molecule has 0 N–H and O–H groups in total. The van der Waals surface area contributed by atoms with E-state index in [-0.39, 0.29) is 23.7 Å². The SMILES string of the molecule is CC(C)[Si](C#Cc1c2c(c(C#C[Si](C(C)C)(C(C)C)C(C)C)c3cc4nsnc4cc13)[C@@H]1c3cc4nsnc4cc3[C@H]2[C@@H]2c3cc4nsnc4cc3[C@H]1c1c2c(C#C[Si](C(C)C)(C(C)C)C(C)C)c2cc3nsnc3cc2c1C#C[Si](C(C)C)(C(C)C)C(C)C)(C(C)C)C(C)C. The molecule has 96 heavy (non-hydrogen) atoms. The first-order valence-corrected chi connectivity index (χ1v) is 47.5. The van der Waals surface area contributed by atoms with E-state index < -0.39 is 32.3 Å². The molecule has 0 aliphatic heterocycles. The Morgan fingerprint density at radius 2 is 0.385 bits per heavy atom. The van der Waals surface area contributed by atoms with Crippen molar-refractivity contribution < 1.29 is 0 Å². The third-order valence-corrected chi connectivity index (χ3v) is 52.2. The van der Waals surface area contributed by atoms with Gasteiger partial charge in [0, 0.05) is 67.5 Å². The first kappa shape index (κ1) is 68.7. The number of aromatic nitrogens is 8. The van der Waals surface area contributed by atoms with Crippen LogP contribution in [0.3, 0.4) is 0 Å². The fraction of sp³-hybridized carbons (Fsp3) is 0.500. The fourth-order valence-electron chi connectivity index (χ4n) is 20.7. The van der Waals surface area contributed by atoms with Crippen molar-refractivity contribution in [2.45, 2.75) is 256 Å². The summed E-state index contributed by atoms with van der Waals surface area (Å²) in [5, 5.41) is 4.44. The van der Waals surface area contributed by atoms with Crippen molar-refractivity contribution in [3.8, 4) is 45.9 Å². The van der Waals surface area contributed by atoms with Crippen LogP contribution in [0.25, 0.3) is 65.7 Å². The van der Waals surface area contributed by atoms with Crippen molar-refractivity contribution in [1.29, 1.82) is 0 Å². The van der Waals surface area contributed by atoms with Gasteiger partial charge in [-0.25, -0.2) is 0 Å². The molecule has 0 radical (unpaired) electrons. The maximum atomic E-state index is 5.16. The van der Waals surface area contributed by atoms with Gasteiger partial charge in [0.2, 0.25) is 0 Å². The molecule has 0 saturated heterocycles. The topological polar surface area (TPSA) is 103 Å². The van der Waals surface area contributed by atoms with Gasteiger partial charge in [0.25, 0.3) is 0 Å². The minimum atomic E-state index is -2.42.